The van der Waals surface area contributed by atoms with E-state index in [4.69, 9.17) is 4.99 Å². The molecule has 0 saturated carbocycles. The Bertz CT molecular complexity index is 710. The van der Waals surface area contributed by atoms with Gasteiger partial charge in [-0.3, -0.25) is 4.99 Å². The fourth-order valence-electron chi connectivity index (χ4n) is 3.32. The molecule has 0 amide bonds. The summed E-state index contributed by atoms with van der Waals surface area (Å²) in [6, 6.07) is 8.53. The first-order valence-electron chi connectivity index (χ1n) is 9.36. The first-order chi connectivity index (χ1) is 12.3. The summed E-state index contributed by atoms with van der Waals surface area (Å²) in [5.74, 6) is 1.24. The number of hydrogen-bond acceptors (Lipinski definition) is 3. The third kappa shape index (κ3) is 5.99. The van der Waals surface area contributed by atoms with E-state index in [1.807, 2.05) is 6.07 Å². The fourth-order valence-corrected chi connectivity index (χ4v) is 4.19. The van der Waals surface area contributed by atoms with Crippen molar-refractivity contribution in [3.8, 4) is 0 Å². The smallest absolute Gasteiger partial charge is 0.211 e. The molecule has 1 aliphatic heterocycles. The van der Waals surface area contributed by atoms with Gasteiger partial charge in [0.25, 0.3) is 0 Å². The summed E-state index contributed by atoms with van der Waals surface area (Å²) >= 11 is 0. The van der Waals surface area contributed by atoms with Gasteiger partial charge in [-0.05, 0) is 50.7 Å². The molecule has 2 N–H and O–H groups in total. The maximum atomic E-state index is 11.6. The van der Waals surface area contributed by atoms with Crippen molar-refractivity contribution in [2.45, 2.75) is 39.7 Å². The zero-order chi connectivity index (χ0) is 19.2. The number of nitrogens with one attached hydrogen (secondary N) is 2. The van der Waals surface area contributed by atoms with Crippen molar-refractivity contribution in [1.82, 2.24) is 14.9 Å². The van der Waals surface area contributed by atoms with Crippen LogP contribution in [-0.2, 0) is 10.0 Å². The number of benzene rings is 1. The average molecular weight is 381 g/mol. The highest BCUT2D eigenvalue weighted by atomic mass is 32.2. The number of hydrogen-bond donors (Lipinski definition) is 2. The molecule has 1 saturated heterocycles. The Kier molecular flexibility index (Phi) is 7.46. The number of aliphatic imine (C=N–C) groups is 1. The van der Waals surface area contributed by atoms with Crippen LogP contribution in [0.25, 0.3) is 0 Å². The van der Waals surface area contributed by atoms with Crippen LogP contribution in [0, 0.1) is 12.8 Å². The summed E-state index contributed by atoms with van der Waals surface area (Å²) in [6.45, 7) is 9.03. The van der Waals surface area contributed by atoms with Crippen molar-refractivity contribution in [3.63, 3.8) is 0 Å². The van der Waals surface area contributed by atoms with Crippen LogP contribution in [0.15, 0.2) is 29.3 Å². The van der Waals surface area contributed by atoms with Gasteiger partial charge < -0.3 is 10.6 Å². The molecule has 1 aromatic rings. The lowest BCUT2D eigenvalue weighted by Crippen LogP contribution is -2.40. The van der Waals surface area contributed by atoms with E-state index in [-0.39, 0.29) is 6.04 Å². The topological polar surface area (TPSA) is 73.8 Å². The molecule has 0 aliphatic carbocycles. The zero-order valence-electron chi connectivity index (χ0n) is 16.3. The Morgan fingerprint density at radius 2 is 1.96 bits per heavy atom. The Hall–Kier alpha value is -1.60. The van der Waals surface area contributed by atoms with Gasteiger partial charge in [0.1, 0.15) is 0 Å². The Labute approximate surface area is 158 Å². The highest BCUT2D eigenvalue weighted by molar-refractivity contribution is 7.88. The van der Waals surface area contributed by atoms with E-state index >= 15 is 0 Å². The third-order valence-corrected chi connectivity index (χ3v) is 6.21. The number of rotatable bonds is 6. The molecular weight excluding hydrogens is 348 g/mol. The summed E-state index contributed by atoms with van der Waals surface area (Å²) in [6.07, 6.45) is 3.01. The first kappa shape index (κ1) is 20.7. The number of nitrogens with zero attached hydrogens (tertiary/aromatic N) is 2. The number of guanidine groups is 1. The third-order valence-electron chi connectivity index (χ3n) is 4.90. The molecule has 0 radical (unpaired) electrons. The molecule has 1 aromatic carbocycles. The maximum Gasteiger partial charge on any atom is 0.211 e. The molecular formula is C19H32N4O2S. The monoisotopic (exact) mass is 380 g/mol. The van der Waals surface area contributed by atoms with Crippen LogP contribution in [0.3, 0.4) is 0 Å². The van der Waals surface area contributed by atoms with E-state index in [1.54, 1.807) is 4.31 Å². The quantitative estimate of drug-likeness (QED) is 0.587. The predicted octanol–water partition coefficient (Wildman–Crippen LogP) is 2.28. The van der Waals surface area contributed by atoms with E-state index in [9.17, 15) is 8.42 Å². The van der Waals surface area contributed by atoms with Gasteiger partial charge in [-0.15, -0.1) is 0 Å². The van der Waals surface area contributed by atoms with Gasteiger partial charge in [0, 0.05) is 26.2 Å². The number of piperidine rings is 1. The minimum Gasteiger partial charge on any atom is -0.357 e. The SMILES string of the molecule is CCNC(=NCC1CCN(S(C)(=O)=O)CC1)NC(C)c1ccccc1C. The molecule has 146 valence electrons. The average Bonchev–Trinajstić information content (AvgIpc) is 2.60. The van der Waals surface area contributed by atoms with Crippen molar-refractivity contribution >= 4 is 16.0 Å². The largest absolute Gasteiger partial charge is 0.357 e. The number of aryl methyl sites for hydroxylation is 1. The van der Waals surface area contributed by atoms with Gasteiger partial charge in [-0.2, -0.15) is 0 Å². The molecule has 0 aromatic heterocycles. The standard InChI is InChI=1S/C19H32N4O2S/c1-5-20-19(22-16(3)18-9-7-6-8-15(18)2)21-14-17-10-12-23(13-11-17)26(4,24)25/h6-9,16-17H,5,10-14H2,1-4H3,(H2,20,21,22). The van der Waals surface area contributed by atoms with Gasteiger partial charge in [-0.25, -0.2) is 12.7 Å². The maximum absolute atomic E-state index is 11.6. The lowest BCUT2D eigenvalue weighted by atomic mass is 9.98. The minimum absolute atomic E-state index is 0.168. The minimum atomic E-state index is -3.07. The van der Waals surface area contributed by atoms with Gasteiger partial charge in [-0.1, -0.05) is 24.3 Å². The lowest BCUT2D eigenvalue weighted by molar-refractivity contribution is 0.280. The second kappa shape index (κ2) is 9.37. The van der Waals surface area contributed by atoms with Gasteiger partial charge in [0.15, 0.2) is 5.96 Å². The summed E-state index contributed by atoms with van der Waals surface area (Å²) in [5, 5.41) is 6.79. The van der Waals surface area contributed by atoms with E-state index in [1.165, 1.54) is 17.4 Å². The van der Waals surface area contributed by atoms with E-state index in [2.05, 4.69) is 49.6 Å². The molecule has 1 heterocycles. The molecule has 7 heteroatoms. The van der Waals surface area contributed by atoms with Crippen LogP contribution in [0.1, 0.15) is 43.9 Å². The zero-order valence-corrected chi connectivity index (χ0v) is 17.1. The molecule has 1 fully saturated rings. The van der Waals surface area contributed by atoms with Crippen LogP contribution in [0.5, 0.6) is 0 Å². The van der Waals surface area contributed by atoms with Crippen LogP contribution in [-0.4, -0.2) is 51.1 Å². The Morgan fingerprint density at radius 3 is 2.54 bits per heavy atom. The summed E-state index contributed by atoms with van der Waals surface area (Å²) in [5.41, 5.74) is 2.52. The molecule has 26 heavy (non-hydrogen) atoms. The second-order valence-electron chi connectivity index (χ2n) is 7.05. The van der Waals surface area contributed by atoms with E-state index < -0.39 is 10.0 Å². The van der Waals surface area contributed by atoms with Crippen molar-refractivity contribution < 1.29 is 8.42 Å². The van der Waals surface area contributed by atoms with E-state index in [0.717, 1.165) is 25.3 Å². The van der Waals surface area contributed by atoms with Crippen LogP contribution in [0.4, 0.5) is 0 Å². The van der Waals surface area contributed by atoms with Crippen LogP contribution in [0.2, 0.25) is 0 Å². The lowest BCUT2D eigenvalue weighted by Gasteiger charge is -2.29. The predicted molar refractivity (Wildman–Crippen MR) is 108 cm³/mol. The van der Waals surface area contributed by atoms with Crippen LogP contribution < -0.4 is 10.6 Å². The first-order valence-corrected chi connectivity index (χ1v) is 11.2. The summed E-state index contributed by atoms with van der Waals surface area (Å²) < 4.78 is 24.8. The Morgan fingerprint density at radius 1 is 1.31 bits per heavy atom. The van der Waals surface area contributed by atoms with Crippen LogP contribution >= 0.6 is 0 Å². The molecule has 2 rings (SSSR count). The molecule has 1 atom stereocenters. The normalized spacial score (nSPS) is 18.5. The number of sulfonamides is 1. The molecule has 0 spiro atoms. The van der Waals surface area contributed by atoms with E-state index in [0.29, 0.717) is 25.6 Å². The van der Waals surface area contributed by atoms with Crippen molar-refractivity contribution in [2.24, 2.45) is 10.9 Å². The van der Waals surface area contributed by atoms with Crippen molar-refractivity contribution in [2.75, 3.05) is 32.4 Å². The van der Waals surface area contributed by atoms with Crippen molar-refractivity contribution in [3.05, 3.63) is 35.4 Å². The highest BCUT2D eigenvalue weighted by Crippen LogP contribution is 2.20. The van der Waals surface area contributed by atoms with Gasteiger partial charge in [0.2, 0.25) is 10.0 Å². The second-order valence-corrected chi connectivity index (χ2v) is 9.03. The van der Waals surface area contributed by atoms with Crippen molar-refractivity contribution in [1.29, 1.82) is 0 Å². The molecule has 1 unspecified atom stereocenters. The Balaban J connectivity index is 1.94. The molecule has 1 aliphatic rings. The summed E-state index contributed by atoms with van der Waals surface area (Å²) in [4.78, 5) is 4.75. The van der Waals surface area contributed by atoms with Gasteiger partial charge >= 0.3 is 0 Å². The molecule has 6 nitrogen and oxygen atoms in total. The van der Waals surface area contributed by atoms with Gasteiger partial charge in [0.05, 0.1) is 12.3 Å². The fraction of sp³-hybridized carbons (Fsp3) is 0.632. The highest BCUT2D eigenvalue weighted by Gasteiger charge is 2.24. The summed E-state index contributed by atoms with van der Waals surface area (Å²) in [7, 11) is -3.07. The molecule has 0 bridgehead atoms.